The van der Waals surface area contributed by atoms with Crippen LogP contribution in [0, 0.1) is 4.77 Å². The Balaban J connectivity index is 1.98. The van der Waals surface area contributed by atoms with E-state index in [-0.39, 0.29) is 34.4 Å². The molecule has 27 heavy (non-hydrogen) atoms. The molecule has 1 amide bonds. The summed E-state index contributed by atoms with van der Waals surface area (Å²) in [5.74, 6) is -0.650. The number of likely N-dealkylation sites (N-methyl/N-ethyl adjacent to an activating group) is 1. The molecule has 0 radical (unpaired) electrons. The van der Waals surface area contributed by atoms with E-state index in [0.717, 1.165) is 11.9 Å². The number of aromatic nitrogens is 2. The number of H-pyrrole nitrogens is 1. The minimum Gasteiger partial charge on any atom is -0.494 e. The topological polar surface area (TPSA) is 112 Å². The zero-order chi connectivity index (χ0) is 19.6. The van der Waals surface area contributed by atoms with Crippen molar-refractivity contribution in [2.24, 2.45) is 10.2 Å². The second-order valence-electron chi connectivity index (χ2n) is 5.72. The van der Waals surface area contributed by atoms with Crippen LogP contribution < -0.4 is 10.5 Å². The Hall–Kier alpha value is -3.11. The number of amides is 1. The lowest BCUT2D eigenvalue weighted by Crippen LogP contribution is -2.25. The Morgan fingerprint density at radius 2 is 2.07 bits per heavy atom. The van der Waals surface area contributed by atoms with Gasteiger partial charge >= 0.3 is 0 Å². The first-order valence-electron chi connectivity index (χ1n) is 7.99. The van der Waals surface area contributed by atoms with Crippen LogP contribution in [0.3, 0.4) is 0 Å². The van der Waals surface area contributed by atoms with Gasteiger partial charge in [0.2, 0.25) is 5.88 Å². The average Bonchev–Trinajstić information content (AvgIpc) is 2.89. The normalized spacial score (nSPS) is 15.1. The quantitative estimate of drug-likeness (QED) is 0.453. The van der Waals surface area contributed by atoms with Gasteiger partial charge in [0.1, 0.15) is 5.56 Å². The molecule has 1 aliphatic heterocycles. The fourth-order valence-electron chi connectivity index (χ4n) is 2.67. The third kappa shape index (κ3) is 3.44. The minimum absolute atomic E-state index is 0.0690. The molecule has 9 nitrogen and oxygen atoms in total. The third-order valence-electron chi connectivity index (χ3n) is 4.10. The van der Waals surface area contributed by atoms with Gasteiger partial charge in [0.05, 0.1) is 25.1 Å². The molecule has 0 saturated heterocycles. The number of methoxy groups -OCH3 is 1. The lowest BCUT2D eigenvalue weighted by molar-refractivity contribution is -0.111. The number of hydrogen-bond acceptors (Lipinski definition) is 7. The number of nitrogens with one attached hydrogen (secondary N) is 1. The zero-order valence-electron chi connectivity index (χ0n) is 14.7. The number of fused-ring (bicyclic) bond motifs is 1. The molecule has 0 spiro atoms. The predicted octanol–water partition coefficient (Wildman–Crippen LogP) is 1.06. The predicted molar refractivity (Wildman–Crippen MR) is 103 cm³/mol. The van der Waals surface area contributed by atoms with E-state index in [0.29, 0.717) is 12.2 Å². The van der Waals surface area contributed by atoms with Crippen LogP contribution >= 0.6 is 12.2 Å². The summed E-state index contributed by atoms with van der Waals surface area (Å²) in [5.41, 5.74) is 0.815. The fourth-order valence-corrected chi connectivity index (χ4v) is 2.94. The average molecular weight is 387 g/mol. The third-order valence-corrected chi connectivity index (χ3v) is 4.42. The molecule has 1 aromatic carbocycles. The summed E-state index contributed by atoms with van der Waals surface area (Å²) >= 11 is 5.04. The van der Waals surface area contributed by atoms with Crippen LogP contribution in [0.4, 0.5) is 5.69 Å². The lowest BCUT2D eigenvalue weighted by Gasteiger charge is -2.09. The highest BCUT2D eigenvalue weighted by molar-refractivity contribution is 7.71. The molecule has 2 N–H and O–H groups in total. The molecule has 2 aromatic rings. The molecular formula is C17H17N5O4S. The summed E-state index contributed by atoms with van der Waals surface area (Å²) in [6, 6.07) is 7.18. The summed E-state index contributed by atoms with van der Waals surface area (Å²) < 4.78 is 6.35. The largest absolute Gasteiger partial charge is 0.494 e. The monoisotopic (exact) mass is 387 g/mol. The zero-order valence-corrected chi connectivity index (χ0v) is 15.5. The van der Waals surface area contributed by atoms with Gasteiger partial charge in [-0.15, -0.1) is 5.10 Å². The van der Waals surface area contributed by atoms with E-state index in [1.807, 2.05) is 6.07 Å². The van der Waals surface area contributed by atoms with E-state index < -0.39 is 5.56 Å². The molecule has 3 rings (SSSR count). The number of nitrogens with zero attached hydrogens (tertiary/aromatic N) is 4. The first-order valence-corrected chi connectivity index (χ1v) is 8.40. The molecule has 0 bridgehead atoms. The molecule has 2 heterocycles. The van der Waals surface area contributed by atoms with E-state index in [1.165, 1.54) is 16.6 Å². The second kappa shape index (κ2) is 7.64. The molecule has 10 heteroatoms. The van der Waals surface area contributed by atoms with Gasteiger partial charge < -0.3 is 14.7 Å². The van der Waals surface area contributed by atoms with E-state index >= 15 is 0 Å². The summed E-state index contributed by atoms with van der Waals surface area (Å²) in [5, 5.41) is 18.1. The van der Waals surface area contributed by atoms with Crippen molar-refractivity contribution in [2.45, 2.75) is 6.54 Å². The lowest BCUT2D eigenvalue weighted by atomic mass is 10.1. The maximum Gasteiger partial charge on any atom is 0.279 e. The Morgan fingerprint density at radius 1 is 1.33 bits per heavy atom. The van der Waals surface area contributed by atoms with Crippen LogP contribution in [0.5, 0.6) is 5.88 Å². The first-order chi connectivity index (χ1) is 13.0. The first kappa shape index (κ1) is 18.7. The Bertz CT molecular complexity index is 1070. The standard InChI is InChI=1S/C17H17N5O4S/c1-21-12-6-4-3-5-10(12)13(16(21)25)20-18-9-11-14(23)19-17(27)22(15(11)24)7-8-26-2/h3-6,9,24H,7-8H2,1-2H3,(H,19,23,27)/b18-9?,20-13-. The molecule has 0 saturated carbocycles. The van der Waals surface area contributed by atoms with Crippen LogP contribution in [-0.2, 0) is 16.1 Å². The molecular weight excluding hydrogens is 370 g/mol. The maximum absolute atomic E-state index is 12.3. The van der Waals surface area contributed by atoms with Crippen LogP contribution in [-0.4, -0.2) is 53.3 Å². The van der Waals surface area contributed by atoms with Crippen molar-refractivity contribution >= 4 is 35.7 Å². The van der Waals surface area contributed by atoms with Crippen molar-refractivity contribution in [3.63, 3.8) is 0 Å². The SMILES string of the molecule is COCCn1c(O)c(C=N/N=C2\C(=O)N(C)c3ccccc32)c(=O)[nH]c1=S. The van der Waals surface area contributed by atoms with E-state index in [4.69, 9.17) is 17.0 Å². The van der Waals surface area contributed by atoms with Crippen LogP contribution in [0.15, 0.2) is 39.3 Å². The van der Waals surface area contributed by atoms with Crippen LogP contribution in [0.25, 0.3) is 0 Å². The van der Waals surface area contributed by atoms with Crippen molar-refractivity contribution in [3.8, 4) is 5.88 Å². The van der Waals surface area contributed by atoms with Crippen molar-refractivity contribution in [2.75, 3.05) is 25.7 Å². The van der Waals surface area contributed by atoms with Gasteiger partial charge in [-0.3, -0.25) is 19.1 Å². The summed E-state index contributed by atoms with van der Waals surface area (Å²) in [7, 11) is 3.16. The number of anilines is 1. The number of rotatable bonds is 5. The van der Waals surface area contributed by atoms with Gasteiger partial charge in [-0.1, -0.05) is 18.2 Å². The number of para-hydroxylation sites is 1. The highest BCUT2D eigenvalue weighted by Gasteiger charge is 2.31. The van der Waals surface area contributed by atoms with E-state index in [1.54, 1.807) is 25.2 Å². The number of aromatic amines is 1. The number of ether oxygens (including phenoxy) is 1. The minimum atomic E-state index is -0.606. The van der Waals surface area contributed by atoms with E-state index in [2.05, 4.69) is 15.2 Å². The molecule has 0 aliphatic carbocycles. The Kier molecular flexibility index (Phi) is 5.28. The van der Waals surface area contributed by atoms with Crippen LogP contribution in [0.1, 0.15) is 11.1 Å². The number of carbonyl (C=O) groups excluding carboxylic acids is 1. The summed E-state index contributed by atoms with van der Waals surface area (Å²) in [6.07, 6.45) is 1.09. The van der Waals surface area contributed by atoms with Crippen molar-refractivity contribution in [1.29, 1.82) is 0 Å². The number of carbonyl (C=O) groups is 1. The smallest absolute Gasteiger partial charge is 0.279 e. The van der Waals surface area contributed by atoms with Crippen molar-refractivity contribution in [3.05, 3.63) is 50.5 Å². The van der Waals surface area contributed by atoms with Crippen molar-refractivity contribution < 1.29 is 14.6 Å². The molecule has 0 atom stereocenters. The number of aromatic hydroxyl groups is 1. The molecule has 1 aromatic heterocycles. The Morgan fingerprint density at radius 3 is 2.81 bits per heavy atom. The Labute approximate surface area is 159 Å². The van der Waals surface area contributed by atoms with E-state index in [9.17, 15) is 14.7 Å². The van der Waals surface area contributed by atoms with Gasteiger partial charge in [0.25, 0.3) is 11.5 Å². The van der Waals surface area contributed by atoms with Gasteiger partial charge in [-0.25, -0.2) is 0 Å². The highest BCUT2D eigenvalue weighted by atomic mass is 32.1. The number of hydrogen-bond donors (Lipinski definition) is 2. The van der Waals surface area contributed by atoms with Gasteiger partial charge in [-0.05, 0) is 18.3 Å². The maximum atomic E-state index is 12.3. The highest BCUT2D eigenvalue weighted by Crippen LogP contribution is 2.27. The molecule has 0 unspecified atom stereocenters. The van der Waals surface area contributed by atoms with Crippen molar-refractivity contribution in [1.82, 2.24) is 9.55 Å². The number of benzene rings is 1. The second-order valence-corrected chi connectivity index (χ2v) is 6.10. The van der Waals surface area contributed by atoms with Gasteiger partial charge in [0, 0.05) is 19.7 Å². The molecule has 1 aliphatic rings. The summed E-state index contributed by atoms with van der Waals surface area (Å²) in [4.78, 5) is 28.3. The molecule has 0 fully saturated rings. The van der Waals surface area contributed by atoms with Crippen LogP contribution in [0.2, 0.25) is 0 Å². The van der Waals surface area contributed by atoms with Gasteiger partial charge in [-0.2, -0.15) is 5.10 Å². The summed E-state index contributed by atoms with van der Waals surface area (Å²) in [6.45, 7) is 0.550. The fraction of sp³-hybridized carbons (Fsp3) is 0.235. The van der Waals surface area contributed by atoms with Gasteiger partial charge in [0.15, 0.2) is 10.5 Å². The molecule has 140 valence electrons.